The second-order valence-electron chi connectivity index (χ2n) is 4.01. The third kappa shape index (κ3) is 3.92. The number of nitrogens with zero attached hydrogens (tertiary/aromatic N) is 3. The van der Waals surface area contributed by atoms with E-state index in [1.165, 1.54) is 0 Å². The summed E-state index contributed by atoms with van der Waals surface area (Å²) in [5.74, 6) is 6.22. The maximum Gasteiger partial charge on any atom is 0.0512 e. The van der Waals surface area contributed by atoms with Gasteiger partial charge in [0, 0.05) is 17.0 Å². The molecule has 19 heavy (non-hydrogen) atoms. The van der Waals surface area contributed by atoms with Gasteiger partial charge in [-0.25, -0.2) is 0 Å². The van der Waals surface area contributed by atoms with E-state index in [2.05, 4.69) is 21.9 Å². The van der Waals surface area contributed by atoms with Gasteiger partial charge in [-0.05, 0) is 23.2 Å². The maximum atomic E-state index is 8.46. The Morgan fingerprint density at radius 2 is 1.63 bits per heavy atom. The molecule has 0 saturated carbocycles. The van der Waals surface area contributed by atoms with Crippen LogP contribution in [0.15, 0.2) is 65.8 Å². The van der Waals surface area contributed by atoms with Crippen LogP contribution in [0.4, 0.5) is 0 Å². The lowest BCUT2D eigenvalue weighted by atomic mass is 9.99. The highest BCUT2D eigenvalue weighted by Crippen LogP contribution is 2.15. The number of benzene rings is 2. The fourth-order valence-electron chi connectivity index (χ4n) is 1.73. The summed E-state index contributed by atoms with van der Waals surface area (Å²) in [6.07, 6.45) is 0. The zero-order chi connectivity index (χ0) is 13.3. The summed E-state index contributed by atoms with van der Waals surface area (Å²) in [6, 6.07) is 19.7. The van der Waals surface area contributed by atoms with Gasteiger partial charge in [-0.2, -0.15) is 0 Å². The van der Waals surface area contributed by atoms with E-state index in [1.54, 1.807) is 0 Å². The van der Waals surface area contributed by atoms with Gasteiger partial charge < -0.3 is 0 Å². The average Bonchev–Trinajstić information content (AvgIpc) is 2.49. The third-order valence-electron chi connectivity index (χ3n) is 2.69. The van der Waals surface area contributed by atoms with Crippen LogP contribution in [0.3, 0.4) is 0 Å². The average molecular weight is 247 g/mol. The van der Waals surface area contributed by atoms with Crippen molar-refractivity contribution < 1.29 is 0 Å². The monoisotopic (exact) mass is 247 g/mol. The molecule has 2 aromatic carbocycles. The molecule has 0 aliphatic carbocycles. The van der Waals surface area contributed by atoms with Gasteiger partial charge in [-0.15, -0.1) is 0 Å². The summed E-state index contributed by atoms with van der Waals surface area (Å²) in [5, 5.41) is 3.64. The quantitative estimate of drug-likeness (QED) is 0.339. The summed E-state index contributed by atoms with van der Waals surface area (Å²) in [4.78, 5) is 2.81. The lowest BCUT2D eigenvalue weighted by Crippen LogP contribution is -1.99. The molecule has 0 spiro atoms. The third-order valence-corrected chi connectivity index (χ3v) is 2.69. The first-order valence-electron chi connectivity index (χ1n) is 6.02. The standard InChI is InChI=1S/C16H13N3/c17-19-18-13-16(15-9-5-2-6-10-15)12-11-14-7-3-1-4-8-14/h1-10,16H,13H2. The minimum absolute atomic E-state index is 0.0719. The predicted octanol–water partition coefficient (Wildman–Crippen LogP) is 4.13. The number of hydrogen-bond donors (Lipinski definition) is 0. The Hall–Kier alpha value is -2.69. The van der Waals surface area contributed by atoms with Gasteiger partial charge >= 0.3 is 0 Å². The van der Waals surface area contributed by atoms with Crippen molar-refractivity contribution in [3.63, 3.8) is 0 Å². The van der Waals surface area contributed by atoms with Crippen molar-refractivity contribution in [3.05, 3.63) is 82.2 Å². The second-order valence-corrected chi connectivity index (χ2v) is 4.01. The SMILES string of the molecule is [N-]=[N+]=NCC(C#Cc1ccccc1)c1ccccc1. The molecule has 3 heteroatoms. The van der Waals surface area contributed by atoms with Crippen molar-refractivity contribution in [1.82, 2.24) is 0 Å². The molecule has 0 fully saturated rings. The van der Waals surface area contributed by atoms with Gasteiger partial charge in [-0.3, -0.25) is 0 Å². The van der Waals surface area contributed by atoms with Crippen LogP contribution in [0.2, 0.25) is 0 Å². The molecular weight excluding hydrogens is 234 g/mol. The molecule has 2 rings (SSSR count). The Morgan fingerprint density at radius 3 is 2.26 bits per heavy atom. The van der Waals surface area contributed by atoms with Gasteiger partial charge in [0.05, 0.1) is 5.92 Å². The first-order chi connectivity index (χ1) is 9.40. The molecule has 0 saturated heterocycles. The van der Waals surface area contributed by atoms with E-state index in [0.717, 1.165) is 11.1 Å². The molecule has 1 unspecified atom stereocenters. The van der Waals surface area contributed by atoms with Gasteiger partial charge in [0.2, 0.25) is 0 Å². The molecule has 0 bridgehead atoms. The topological polar surface area (TPSA) is 48.8 Å². The maximum absolute atomic E-state index is 8.46. The summed E-state index contributed by atoms with van der Waals surface area (Å²) in [5.41, 5.74) is 10.5. The van der Waals surface area contributed by atoms with Crippen LogP contribution in [0, 0.1) is 11.8 Å². The van der Waals surface area contributed by atoms with Crippen LogP contribution in [0.1, 0.15) is 17.0 Å². The molecule has 0 radical (unpaired) electrons. The van der Waals surface area contributed by atoms with E-state index in [0.29, 0.717) is 6.54 Å². The normalized spacial score (nSPS) is 10.7. The highest BCUT2D eigenvalue weighted by molar-refractivity contribution is 5.38. The van der Waals surface area contributed by atoms with Gasteiger partial charge in [0.1, 0.15) is 0 Å². The number of hydrogen-bond acceptors (Lipinski definition) is 1. The van der Waals surface area contributed by atoms with Crippen molar-refractivity contribution >= 4 is 0 Å². The molecule has 0 aliphatic rings. The first-order valence-corrected chi connectivity index (χ1v) is 6.02. The lowest BCUT2D eigenvalue weighted by molar-refractivity contribution is 0.867. The highest BCUT2D eigenvalue weighted by atomic mass is 15.1. The fourth-order valence-corrected chi connectivity index (χ4v) is 1.73. The lowest BCUT2D eigenvalue weighted by Gasteiger charge is -2.06. The Morgan fingerprint density at radius 1 is 1.00 bits per heavy atom. The van der Waals surface area contributed by atoms with E-state index in [1.807, 2.05) is 60.7 Å². The fraction of sp³-hybridized carbons (Fsp3) is 0.125. The largest absolute Gasteiger partial charge is 0.0923 e. The molecule has 92 valence electrons. The Balaban J connectivity index is 2.25. The van der Waals surface area contributed by atoms with E-state index < -0.39 is 0 Å². The van der Waals surface area contributed by atoms with Crippen LogP contribution in [-0.2, 0) is 0 Å². The van der Waals surface area contributed by atoms with Gasteiger partial charge in [0.25, 0.3) is 0 Å². The number of rotatable bonds is 3. The van der Waals surface area contributed by atoms with Gasteiger partial charge in [-0.1, -0.05) is 65.5 Å². The van der Waals surface area contributed by atoms with Crippen molar-refractivity contribution in [3.8, 4) is 11.8 Å². The molecule has 2 aromatic rings. The van der Waals surface area contributed by atoms with Crippen molar-refractivity contribution in [2.75, 3.05) is 6.54 Å². The van der Waals surface area contributed by atoms with E-state index in [-0.39, 0.29) is 5.92 Å². The summed E-state index contributed by atoms with van der Waals surface area (Å²) in [7, 11) is 0. The second kappa shape index (κ2) is 6.90. The van der Waals surface area contributed by atoms with Crippen molar-refractivity contribution in [2.45, 2.75) is 5.92 Å². The molecule has 3 nitrogen and oxygen atoms in total. The molecule has 0 amide bonds. The Bertz CT molecular complexity index is 617. The minimum Gasteiger partial charge on any atom is -0.0923 e. The van der Waals surface area contributed by atoms with E-state index in [4.69, 9.17) is 5.53 Å². The van der Waals surface area contributed by atoms with E-state index in [9.17, 15) is 0 Å². The summed E-state index contributed by atoms with van der Waals surface area (Å²) < 4.78 is 0. The predicted molar refractivity (Wildman–Crippen MR) is 76.5 cm³/mol. The van der Waals surface area contributed by atoms with Crippen LogP contribution < -0.4 is 0 Å². The smallest absolute Gasteiger partial charge is 0.0512 e. The van der Waals surface area contributed by atoms with Crippen LogP contribution >= 0.6 is 0 Å². The minimum atomic E-state index is -0.0719. The molecule has 0 heterocycles. The molecule has 1 atom stereocenters. The summed E-state index contributed by atoms with van der Waals surface area (Å²) >= 11 is 0. The molecule has 0 aliphatic heterocycles. The highest BCUT2D eigenvalue weighted by Gasteiger charge is 2.06. The molecular formula is C16H13N3. The number of azide groups is 1. The molecule has 0 aromatic heterocycles. The first kappa shape index (κ1) is 12.8. The van der Waals surface area contributed by atoms with Crippen LogP contribution in [0.5, 0.6) is 0 Å². The Labute approximate surface area is 112 Å². The van der Waals surface area contributed by atoms with Crippen molar-refractivity contribution in [2.24, 2.45) is 5.11 Å². The van der Waals surface area contributed by atoms with E-state index >= 15 is 0 Å². The zero-order valence-electron chi connectivity index (χ0n) is 10.4. The molecule has 0 N–H and O–H groups in total. The van der Waals surface area contributed by atoms with Crippen LogP contribution in [0.25, 0.3) is 10.4 Å². The van der Waals surface area contributed by atoms with Crippen LogP contribution in [-0.4, -0.2) is 6.54 Å². The summed E-state index contributed by atoms with van der Waals surface area (Å²) in [6.45, 7) is 0.348. The van der Waals surface area contributed by atoms with Gasteiger partial charge in [0.15, 0.2) is 0 Å². The Kier molecular flexibility index (Phi) is 4.64. The van der Waals surface area contributed by atoms with Crippen molar-refractivity contribution in [1.29, 1.82) is 0 Å². The zero-order valence-corrected chi connectivity index (χ0v) is 10.4.